The van der Waals surface area contributed by atoms with Crippen molar-refractivity contribution in [2.45, 2.75) is 33.1 Å². The molecule has 1 saturated carbocycles. The summed E-state index contributed by atoms with van der Waals surface area (Å²) in [6.07, 6.45) is 2.71. The van der Waals surface area contributed by atoms with Crippen LogP contribution >= 0.6 is 11.6 Å². The van der Waals surface area contributed by atoms with E-state index in [1.54, 1.807) is 0 Å². The average Bonchev–Trinajstić information content (AvgIpc) is 2.72. The lowest BCUT2D eigenvalue weighted by molar-refractivity contribution is -0.139. The number of anilines is 1. The Bertz CT molecular complexity index is 617. The first kappa shape index (κ1) is 15.3. The summed E-state index contributed by atoms with van der Waals surface area (Å²) in [4.78, 5) is 26.3. The van der Waals surface area contributed by atoms with Crippen LogP contribution in [-0.2, 0) is 9.59 Å². The zero-order valence-corrected chi connectivity index (χ0v) is 13.7. The van der Waals surface area contributed by atoms with Crippen molar-refractivity contribution >= 4 is 29.1 Å². The molecule has 0 radical (unpaired) electrons. The Morgan fingerprint density at radius 1 is 1.23 bits per heavy atom. The predicted octanol–water partition coefficient (Wildman–Crippen LogP) is 3.44. The summed E-state index contributed by atoms with van der Waals surface area (Å²) < 4.78 is 0. The molecule has 3 rings (SSSR count). The third-order valence-corrected chi connectivity index (χ3v) is 5.30. The number of imide groups is 1. The molecule has 1 aliphatic carbocycles. The van der Waals surface area contributed by atoms with Gasteiger partial charge in [-0.1, -0.05) is 24.6 Å². The summed E-state index contributed by atoms with van der Waals surface area (Å²) >= 11 is 6.09. The predicted molar refractivity (Wildman–Crippen MR) is 86.5 cm³/mol. The molecule has 1 aliphatic heterocycles. The van der Waals surface area contributed by atoms with E-state index in [1.165, 1.54) is 4.90 Å². The monoisotopic (exact) mass is 320 g/mol. The fourth-order valence-electron chi connectivity index (χ4n) is 3.49. The molecule has 2 amide bonds. The van der Waals surface area contributed by atoms with Gasteiger partial charge in [0.25, 0.3) is 0 Å². The average molecular weight is 321 g/mol. The Hall–Kier alpha value is -1.55. The zero-order chi connectivity index (χ0) is 15.9. The van der Waals surface area contributed by atoms with Crippen molar-refractivity contribution in [1.29, 1.82) is 0 Å². The fraction of sp³-hybridized carbons (Fsp3) is 0.529. The highest BCUT2D eigenvalue weighted by atomic mass is 35.5. The summed E-state index contributed by atoms with van der Waals surface area (Å²) in [7, 11) is 0. The lowest BCUT2D eigenvalue weighted by Crippen LogP contribution is -2.35. The second-order valence-corrected chi connectivity index (χ2v) is 6.94. The van der Waals surface area contributed by atoms with Crippen molar-refractivity contribution in [3.05, 3.63) is 28.8 Å². The number of amides is 2. The number of fused-ring (bicyclic) bond motifs is 1. The molecule has 1 saturated heterocycles. The number of aryl methyl sites for hydroxylation is 1. The minimum absolute atomic E-state index is 0.0207. The second-order valence-electron chi connectivity index (χ2n) is 6.53. The highest BCUT2D eigenvalue weighted by molar-refractivity contribution is 6.31. The van der Waals surface area contributed by atoms with Crippen LogP contribution in [0.15, 0.2) is 18.2 Å². The van der Waals surface area contributed by atoms with Gasteiger partial charge >= 0.3 is 0 Å². The standard InChI is InChI=1S/C17H21ClN2O2/c1-10-3-6-13-14(7-10)17(22)20(16(13)21)9-19-12-5-4-11(2)15(18)8-12/h4-5,8,10,13-14,19H,3,6-7,9H2,1-2H3/t10-,13+,14-/m1/s1. The van der Waals surface area contributed by atoms with Gasteiger partial charge in [0, 0.05) is 10.7 Å². The molecule has 1 N–H and O–H groups in total. The third-order valence-electron chi connectivity index (χ3n) is 4.89. The van der Waals surface area contributed by atoms with Gasteiger partial charge in [0.05, 0.1) is 18.5 Å². The summed E-state index contributed by atoms with van der Waals surface area (Å²) in [5.74, 6) is 0.272. The van der Waals surface area contributed by atoms with E-state index >= 15 is 0 Å². The van der Waals surface area contributed by atoms with Crippen LogP contribution in [0, 0.1) is 24.7 Å². The Morgan fingerprint density at radius 3 is 2.68 bits per heavy atom. The molecule has 1 aromatic carbocycles. The Morgan fingerprint density at radius 2 is 1.95 bits per heavy atom. The summed E-state index contributed by atoms with van der Waals surface area (Å²) in [6, 6.07) is 5.64. The van der Waals surface area contributed by atoms with E-state index in [0.717, 1.165) is 30.5 Å². The minimum atomic E-state index is -0.111. The number of nitrogens with one attached hydrogen (secondary N) is 1. The quantitative estimate of drug-likeness (QED) is 0.868. The maximum Gasteiger partial charge on any atom is 0.234 e. The maximum absolute atomic E-state index is 12.5. The number of hydrogen-bond donors (Lipinski definition) is 1. The molecule has 1 heterocycles. The van der Waals surface area contributed by atoms with E-state index in [4.69, 9.17) is 11.6 Å². The van der Waals surface area contributed by atoms with Crippen LogP contribution in [0.25, 0.3) is 0 Å². The van der Waals surface area contributed by atoms with E-state index in [-0.39, 0.29) is 30.3 Å². The van der Waals surface area contributed by atoms with Gasteiger partial charge < -0.3 is 5.32 Å². The first-order valence-electron chi connectivity index (χ1n) is 7.82. The Labute approximate surface area is 135 Å². The van der Waals surface area contributed by atoms with Gasteiger partial charge in [-0.15, -0.1) is 0 Å². The molecule has 22 heavy (non-hydrogen) atoms. The van der Waals surface area contributed by atoms with Crippen LogP contribution in [0.1, 0.15) is 31.7 Å². The molecule has 2 fully saturated rings. The molecular weight excluding hydrogens is 300 g/mol. The van der Waals surface area contributed by atoms with Gasteiger partial charge in [-0.3, -0.25) is 14.5 Å². The van der Waals surface area contributed by atoms with Crippen LogP contribution in [0.2, 0.25) is 5.02 Å². The number of benzene rings is 1. The molecule has 2 aliphatic rings. The molecule has 4 nitrogen and oxygen atoms in total. The summed E-state index contributed by atoms with van der Waals surface area (Å²) in [5, 5.41) is 3.81. The van der Waals surface area contributed by atoms with Crippen LogP contribution in [-0.4, -0.2) is 23.4 Å². The van der Waals surface area contributed by atoms with Crippen molar-refractivity contribution in [2.24, 2.45) is 17.8 Å². The normalized spacial score (nSPS) is 28.0. The van der Waals surface area contributed by atoms with Gasteiger partial charge in [0.1, 0.15) is 0 Å². The molecule has 0 unspecified atom stereocenters. The van der Waals surface area contributed by atoms with E-state index in [1.807, 2.05) is 25.1 Å². The number of carbonyl (C=O) groups excluding carboxylic acids is 2. The van der Waals surface area contributed by atoms with Crippen molar-refractivity contribution < 1.29 is 9.59 Å². The number of nitrogens with zero attached hydrogens (tertiary/aromatic N) is 1. The van der Waals surface area contributed by atoms with Gasteiger partial charge in [-0.25, -0.2) is 0 Å². The number of likely N-dealkylation sites (tertiary alicyclic amines) is 1. The Kier molecular flexibility index (Phi) is 4.13. The van der Waals surface area contributed by atoms with Crippen LogP contribution < -0.4 is 5.32 Å². The largest absolute Gasteiger partial charge is 0.367 e. The molecule has 1 aromatic rings. The van der Waals surface area contributed by atoms with Gasteiger partial charge in [-0.05, 0) is 49.8 Å². The molecule has 5 heteroatoms. The van der Waals surface area contributed by atoms with Crippen LogP contribution in [0.5, 0.6) is 0 Å². The second kappa shape index (κ2) is 5.92. The number of rotatable bonds is 3. The van der Waals surface area contributed by atoms with E-state index in [0.29, 0.717) is 10.9 Å². The fourth-order valence-corrected chi connectivity index (χ4v) is 3.67. The third kappa shape index (κ3) is 2.72. The Balaban J connectivity index is 1.68. The molecular formula is C17H21ClN2O2. The van der Waals surface area contributed by atoms with Crippen molar-refractivity contribution in [1.82, 2.24) is 4.90 Å². The molecule has 118 valence electrons. The van der Waals surface area contributed by atoms with Crippen molar-refractivity contribution in [3.63, 3.8) is 0 Å². The summed E-state index contributed by atoms with van der Waals surface area (Å²) in [6.45, 7) is 4.31. The smallest absolute Gasteiger partial charge is 0.234 e. The minimum Gasteiger partial charge on any atom is -0.367 e. The molecule has 0 bridgehead atoms. The summed E-state index contributed by atoms with van der Waals surface area (Å²) in [5.41, 5.74) is 1.82. The van der Waals surface area contributed by atoms with Crippen molar-refractivity contribution in [3.8, 4) is 0 Å². The lowest BCUT2D eigenvalue weighted by atomic mass is 9.76. The van der Waals surface area contributed by atoms with Crippen LogP contribution in [0.4, 0.5) is 5.69 Å². The van der Waals surface area contributed by atoms with E-state index < -0.39 is 0 Å². The molecule has 3 atom stereocenters. The van der Waals surface area contributed by atoms with E-state index in [9.17, 15) is 9.59 Å². The van der Waals surface area contributed by atoms with Gasteiger partial charge in [0.2, 0.25) is 11.8 Å². The maximum atomic E-state index is 12.5. The highest BCUT2D eigenvalue weighted by Gasteiger charge is 2.49. The number of carbonyl (C=O) groups is 2. The van der Waals surface area contributed by atoms with Crippen LogP contribution in [0.3, 0.4) is 0 Å². The van der Waals surface area contributed by atoms with Crippen molar-refractivity contribution in [2.75, 3.05) is 12.0 Å². The molecule has 0 aromatic heterocycles. The lowest BCUT2D eigenvalue weighted by Gasteiger charge is -2.25. The number of hydrogen-bond acceptors (Lipinski definition) is 3. The zero-order valence-electron chi connectivity index (χ0n) is 12.9. The topological polar surface area (TPSA) is 49.4 Å². The first-order chi connectivity index (χ1) is 10.5. The highest BCUT2D eigenvalue weighted by Crippen LogP contribution is 2.40. The van der Waals surface area contributed by atoms with E-state index in [2.05, 4.69) is 12.2 Å². The SMILES string of the molecule is Cc1ccc(NCN2C(=O)[C@H]3CC[C@@H](C)C[C@H]3C2=O)cc1Cl. The van der Waals surface area contributed by atoms with Gasteiger partial charge in [0.15, 0.2) is 0 Å². The first-order valence-corrected chi connectivity index (χ1v) is 8.20. The van der Waals surface area contributed by atoms with Gasteiger partial charge in [-0.2, -0.15) is 0 Å². The molecule has 0 spiro atoms. The number of halogens is 1.